The number of hydrogen-bond donors (Lipinski definition) is 3. The monoisotopic (exact) mass is 566 g/mol. The Hall–Kier alpha value is -4.15. The number of imidazole rings is 1. The van der Waals surface area contributed by atoms with Gasteiger partial charge in [-0.3, -0.25) is 9.59 Å². The van der Waals surface area contributed by atoms with Gasteiger partial charge >= 0.3 is 12.2 Å². The van der Waals surface area contributed by atoms with Gasteiger partial charge in [0.05, 0.1) is 17.1 Å². The Bertz CT molecular complexity index is 1550. The van der Waals surface area contributed by atoms with Gasteiger partial charge in [0.25, 0.3) is 5.91 Å². The van der Waals surface area contributed by atoms with Crippen molar-refractivity contribution in [1.82, 2.24) is 19.4 Å². The number of ketones is 1. The average Bonchev–Trinajstić information content (AvgIpc) is 3.34. The van der Waals surface area contributed by atoms with Gasteiger partial charge in [-0.25, -0.2) is 23.7 Å². The molecular formula is C30H38N4O7. The maximum Gasteiger partial charge on any atom is 0.419 e. The van der Waals surface area contributed by atoms with Crippen molar-refractivity contribution in [2.24, 2.45) is 5.41 Å². The van der Waals surface area contributed by atoms with E-state index in [2.05, 4.69) is 10.3 Å². The summed E-state index contributed by atoms with van der Waals surface area (Å²) in [6, 6.07) is 3.37. The minimum atomic E-state index is -1.32. The molecule has 0 saturated carbocycles. The van der Waals surface area contributed by atoms with Gasteiger partial charge < -0.3 is 20.3 Å². The maximum absolute atomic E-state index is 14.1. The molecule has 0 bridgehead atoms. The van der Waals surface area contributed by atoms with Gasteiger partial charge in [-0.1, -0.05) is 33.6 Å². The lowest BCUT2D eigenvalue weighted by atomic mass is 9.75. The van der Waals surface area contributed by atoms with E-state index in [1.165, 1.54) is 22.8 Å². The Morgan fingerprint density at radius 1 is 1.17 bits per heavy atom. The largest absolute Gasteiger partial charge is 0.508 e. The number of nitrogens with one attached hydrogen (secondary N) is 1. The molecule has 1 atom stereocenters. The average molecular weight is 567 g/mol. The molecule has 11 nitrogen and oxygen atoms in total. The second kappa shape index (κ2) is 10.7. The summed E-state index contributed by atoms with van der Waals surface area (Å²) < 4.78 is 7.83. The minimum absolute atomic E-state index is 0.0209. The van der Waals surface area contributed by atoms with Crippen LogP contribution in [0.15, 0.2) is 18.2 Å². The second-order valence-electron chi connectivity index (χ2n) is 12.5. The molecule has 0 spiro atoms. The SMILES string of the molecule is CCCCC(NC(=O)c1c(C)c2c(n1C(=O)OC(C)(C)C)CC(C)(C)CC2=O)c1nc2ccc(O)cc2n1C(=O)O. The number of hydrogen-bond acceptors (Lipinski definition) is 7. The van der Waals surface area contributed by atoms with Crippen LogP contribution in [0.25, 0.3) is 11.0 Å². The van der Waals surface area contributed by atoms with Crippen LogP contribution in [0.5, 0.6) is 5.75 Å². The summed E-state index contributed by atoms with van der Waals surface area (Å²) in [6.07, 6.45) is 0.354. The number of Topliss-reactive ketones (excluding diaryl/α,β-unsaturated/α-hetero) is 1. The fourth-order valence-corrected chi connectivity index (χ4v) is 5.52. The number of phenolic OH excluding ortho intramolecular Hbond substituents is 1. The first kappa shape index (κ1) is 29.8. The molecule has 1 aliphatic rings. The number of carbonyl (C=O) groups is 4. The van der Waals surface area contributed by atoms with Crippen molar-refractivity contribution in [1.29, 1.82) is 0 Å². The number of rotatable bonds is 6. The normalized spacial score (nSPS) is 15.4. The van der Waals surface area contributed by atoms with Crippen molar-refractivity contribution in [3.8, 4) is 5.75 Å². The quantitative estimate of drug-likeness (QED) is 0.329. The Kier molecular flexibility index (Phi) is 7.77. The first-order valence-electron chi connectivity index (χ1n) is 13.8. The zero-order valence-electron chi connectivity index (χ0n) is 24.6. The summed E-state index contributed by atoms with van der Waals surface area (Å²) in [5.74, 6) is -0.846. The van der Waals surface area contributed by atoms with E-state index in [0.717, 1.165) is 11.0 Å². The number of amides is 1. The highest BCUT2D eigenvalue weighted by molar-refractivity contribution is 6.07. The van der Waals surface area contributed by atoms with Crippen molar-refractivity contribution in [2.45, 2.75) is 92.2 Å². The van der Waals surface area contributed by atoms with E-state index in [4.69, 9.17) is 4.74 Å². The Morgan fingerprint density at radius 2 is 1.85 bits per heavy atom. The summed E-state index contributed by atoms with van der Waals surface area (Å²) >= 11 is 0. The molecule has 0 fully saturated rings. The van der Waals surface area contributed by atoms with Gasteiger partial charge in [0.15, 0.2) is 5.78 Å². The maximum atomic E-state index is 14.1. The third-order valence-electron chi connectivity index (χ3n) is 7.19. The number of ether oxygens (including phenoxy) is 1. The standard InChI is InChI=1S/C30H38N4O7/c1-8-9-10-19(25-31-18-12-11-17(35)13-20(18)34(25)27(38)39)32-26(37)24-16(2)23-21(14-30(6,7)15-22(23)36)33(24)28(40)41-29(3,4)5/h11-13,19,35H,8-10,14-15H2,1-7H3,(H,32,37)(H,38,39). The zero-order chi connectivity index (χ0) is 30.4. The third kappa shape index (κ3) is 5.84. The molecule has 1 aliphatic carbocycles. The van der Waals surface area contributed by atoms with Crippen LogP contribution < -0.4 is 5.32 Å². The highest BCUT2D eigenvalue weighted by Gasteiger charge is 2.41. The van der Waals surface area contributed by atoms with Crippen molar-refractivity contribution in [3.63, 3.8) is 0 Å². The molecular weight excluding hydrogens is 528 g/mol. The van der Waals surface area contributed by atoms with Crippen LogP contribution in [0.4, 0.5) is 9.59 Å². The van der Waals surface area contributed by atoms with Crippen LogP contribution in [0.1, 0.15) is 111 Å². The number of aromatic hydroxyl groups is 1. The number of benzene rings is 1. The van der Waals surface area contributed by atoms with Crippen molar-refractivity contribution < 1.29 is 34.1 Å². The van der Waals surface area contributed by atoms with Gasteiger partial charge in [0.1, 0.15) is 22.9 Å². The molecule has 1 unspecified atom stereocenters. The number of nitrogens with zero attached hydrogens (tertiary/aromatic N) is 3. The predicted molar refractivity (Wildman–Crippen MR) is 152 cm³/mol. The van der Waals surface area contributed by atoms with Gasteiger partial charge in [-0.15, -0.1) is 0 Å². The molecule has 220 valence electrons. The van der Waals surface area contributed by atoms with Crippen molar-refractivity contribution in [3.05, 3.63) is 46.5 Å². The Morgan fingerprint density at radius 3 is 2.46 bits per heavy atom. The number of carboxylic acid groups (broad SMARTS) is 1. The van der Waals surface area contributed by atoms with E-state index in [-0.39, 0.29) is 35.0 Å². The fourth-order valence-electron chi connectivity index (χ4n) is 5.52. The highest BCUT2D eigenvalue weighted by Crippen LogP contribution is 2.39. The molecule has 0 saturated heterocycles. The molecule has 1 aromatic carbocycles. The Labute approximate surface area is 238 Å². The van der Waals surface area contributed by atoms with Crippen LogP contribution >= 0.6 is 0 Å². The molecule has 1 amide bonds. The van der Waals surface area contributed by atoms with E-state index in [1.54, 1.807) is 27.7 Å². The third-order valence-corrected chi connectivity index (χ3v) is 7.19. The summed E-state index contributed by atoms with van der Waals surface area (Å²) in [6.45, 7) is 12.6. The van der Waals surface area contributed by atoms with E-state index in [9.17, 15) is 29.4 Å². The summed E-state index contributed by atoms with van der Waals surface area (Å²) in [4.78, 5) is 57.7. The minimum Gasteiger partial charge on any atom is -0.508 e. The summed E-state index contributed by atoms with van der Waals surface area (Å²) in [7, 11) is 0. The van der Waals surface area contributed by atoms with Crippen molar-refractivity contribution >= 4 is 34.9 Å². The van der Waals surface area contributed by atoms with E-state index in [0.29, 0.717) is 41.6 Å². The van der Waals surface area contributed by atoms with Crippen LogP contribution in [0.2, 0.25) is 0 Å². The van der Waals surface area contributed by atoms with Crippen LogP contribution in [0, 0.1) is 12.3 Å². The second-order valence-corrected chi connectivity index (χ2v) is 12.5. The van der Waals surface area contributed by atoms with Gasteiger partial charge in [-0.2, -0.15) is 0 Å². The van der Waals surface area contributed by atoms with Crippen LogP contribution in [-0.4, -0.2) is 53.8 Å². The van der Waals surface area contributed by atoms with Crippen LogP contribution in [0.3, 0.4) is 0 Å². The molecule has 2 heterocycles. The molecule has 0 aliphatic heterocycles. The number of unbranched alkanes of at least 4 members (excludes halogenated alkanes) is 1. The van der Waals surface area contributed by atoms with E-state index < -0.39 is 35.2 Å². The first-order chi connectivity index (χ1) is 19.0. The number of fused-ring (bicyclic) bond motifs is 2. The lowest BCUT2D eigenvalue weighted by molar-refractivity contribution is 0.0518. The summed E-state index contributed by atoms with van der Waals surface area (Å²) in [5, 5.41) is 22.9. The molecule has 3 N–H and O–H groups in total. The molecule has 3 aromatic rings. The Balaban J connectivity index is 1.86. The first-order valence-corrected chi connectivity index (χ1v) is 13.8. The fraction of sp³-hybridized carbons (Fsp3) is 0.500. The topological polar surface area (TPSA) is 153 Å². The molecule has 0 radical (unpaired) electrons. The van der Waals surface area contributed by atoms with Crippen molar-refractivity contribution in [2.75, 3.05) is 0 Å². The lowest BCUT2D eigenvalue weighted by Gasteiger charge is -2.30. The van der Waals surface area contributed by atoms with E-state index >= 15 is 0 Å². The number of carbonyl (C=O) groups excluding carboxylic acids is 3. The zero-order valence-corrected chi connectivity index (χ0v) is 24.6. The number of phenols is 1. The molecule has 11 heteroatoms. The highest BCUT2D eigenvalue weighted by atomic mass is 16.6. The van der Waals surface area contributed by atoms with Gasteiger partial charge in [-0.05, 0) is 63.6 Å². The number of aromatic nitrogens is 3. The smallest absolute Gasteiger partial charge is 0.419 e. The summed E-state index contributed by atoms with van der Waals surface area (Å²) in [5.41, 5.74) is 0.366. The van der Waals surface area contributed by atoms with Gasteiger partial charge in [0.2, 0.25) is 0 Å². The van der Waals surface area contributed by atoms with Crippen LogP contribution in [-0.2, 0) is 11.2 Å². The van der Waals surface area contributed by atoms with Gasteiger partial charge in [0, 0.05) is 23.7 Å². The molecule has 2 aromatic heterocycles. The predicted octanol–water partition coefficient (Wildman–Crippen LogP) is 5.98. The molecule has 41 heavy (non-hydrogen) atoms. The van der Waals surface area contributed by atoms with E-state index in [1.807, 2.05) is 20.8 Å². The molecule has 4 rings (SSSR count). The lowest BCUT2D eigenvalue weighted by Crippen LogP contribution is -2.36.